The summed E-state index contributed by atoms with van der Waals surface area (Å²) in [7, 11) is 1.72. The number of methoxy groups -OCH3 is 1. The van der Waals surface area contributed by atoms with Crippen LogP contribution in [0.15, 0.2) is 34.8 Å². The first-order valence-electron chi connectivity index (χ1n) is 9.39. The van der Waals surface area contributed by atoms with E-state index in [4.69, 9.17) is 4.74 Å². The summed E-state index contributed by atoms with van der Waals surface area (Å²) in [6.45, 7) is 7.82. The lowest BCUT2D eigenvalue weighted by molar-refractivity contribution is -1.02. The van der Waals surface area contributed by atoms with E-state index in [2.05, 4.69) is 46.3 Å². The largest absolute Gasteiger partial charge is 0.496 e. The molecule has 1 heterocycles. The Hall–Kier alpha value is -0.840. The van der Waals surface area contributed by atoms with E-state index < -0.39 is 0 Å². The van der Waals surface area contributed by atoms with Crippen molar-refractivity contribution in [2.24, 2.45) is 17.8 Å². The minimum atomic E-state index is 0.907. The normalized spacial score (nSPS) is 34.7. The van der Waals surface area contributed by atoms with Crippen molar-refractivity contribution in [2.75, 3.05) is 39.8 Å². The van der Waals surface area contributed by atoms with E-state index in [1.165, 1.54) is 51.1 Å². The Morgan fingerprint density at radius 2 is 1.88 bits per heavy atom. The molecule has 2 N–H and O–H groups in total. The molecular weight excluding hydrogens is 364 g/mol. The van der Waals surface area contributed by atoms with E-state index in [1.807, 2.05) is 4.90 Å². The van der Waals surface area contributed by atoms with Crippen LogP contribution in [-0.4, -0.2) is 39.8 Å². The summed E-state index contributed by atoms with van der Waals surface area (Å²) in [4.78, 5) is 3.57. The topological polar surface area (TPSA) is 18.1 Å². The van der Waals surface area contributed by atoms with Crippen molar-refractivity contribution in [3.8, 4) is 5.75 Å². The van der Waals surface area contributed by atoms with Crippen LogP contribution in [0.1, 0.15) is 18.4 Å². The Labute approximate surface area is 153 Å². The fraction of sp³-hybridized carbons (Fsp3) is 0.600. The van der Waals surface area contributed by atoms with Gasteiger partial charge in [-0.1, -0.05) is 12.2 Å². The van der Waals surface area contributed by atoms with Crippen LogP contribution in [0.25, 0.3) is 0 Å². The minimum absolute atomic E-state index is 0.907. The van der Waals surface area contributed by atoms with E-state index >= 15 is 0 Å². The van der Waals surface area contributed by atoms with Gasteiger partial charge in [0, 0.05) is 11.5 Å². The predicted molar refractivity (Wildman–Crippen MR) is 99.5 cm³/mol. The summed E-state index contributed by atoms with van der Waals surface area (Å²) < 4.78 is 6.39. The molecule has 3 atom stereocenters. The van der Waals surface area contributed by atoms with Gasteiger partial charge in [-0.2, -0.15) is 0 Å². The molecule has 1 aromatic rings. The van der Waals surface area contributed by atoms with Gasteiger partial charge in [0.1, 0.15) is 38.5 Å². The zero-order chi connectivity index (χ0) is 16.5. The third kappa shape index (κ3) is 3.56. The first-order chi connectivity index (χ1) is 11.7. The Bertz CT molecular complexity index is 610. The van der Waals surface area contributed by atoms with Gasteiger partial charge in [0.05, 0.1) is 18.1 Å². The zero-order valence-electron chi connectivity index (χ0n) is 14.6. The molecule has 0 radical (unpaired) electrons. The quantitative estimate of drug-likeness (QED) is 0.714. The van der Waals surface area contributed by atoms with Crippen LogP contribution in [-0.2, 0) is 6.54 Å². The first kappa shape index (κ1) is 16.6. The molecule has 130 valence electrons. The monoisotopic (exact) mass is 392 g/mol. The highest BCUT2D eigenvalue weighted by Crippen LogP contribution is 2.42. The molecule has 2 aliphatic carbocycles. The minimum Gasteiger partial charge on any atom is -0.496 e. The molecule has 4 heteroatoms. The number of rotatable bonds is 5. The molecule has 3 aliphatic rings. The highest BCUT2D eigenvalue weighted by atomic mass is 79.9. The second kappa shape index (κ2) is 7.19. The average molecular weight is 393 g/mol. The van der Waals surface area contributed by atoms with Gasteiger partial charge in [-0.25, -0.2) is 0 Å². The third-order valence-corrected chi connectivity index (χ3v) is 6.92. The SMILES string of the molecule is COc1ccc(C[NH+]2CC[NH+](C[C@@H]3C[C@H]4C=C[C@H]3C4)CC2)cc1Br. The van der Waals surface area contributed by atoms with Gasteiger partial charge in [-0.05, 0) is 58.8 Å². The number of halogens is 1. The highest BCUT2D eigenvalue weighted by Gasteiger charge is 2.38. The molecule has 1 aromatic carbocycles. The molecule has 0 unspecified atom stereocenters. The molecule has 1 saturated heterocycles. The molecule has 1 saturated carbocycles. The molecule has 2 fully saturated rings. The fourth-order valence-electron chi connectivity index (χ4n) is 4.95. The Balaban J connectivity index is 1.25. The first-order valence-corrected chi connectivity index (χ1v) is 10.2. The number of hydrogen-bond donors (Lipinski definition) is 2. The summed E-state index contributed by atoms with van der Waals surface area (Å²) >= 11 is 3.60. The molecule has 0 spiro atoms. The lowest BCUT2D eigenvalue weighted by atomic mass is 9.93. The van der Waals surface area contributed by atoms with Crippen LogP contribution in [0.2, 0.25) is 0 Å². The number of hydrogen-bond acceptors (Lipinski definition) is 1. The molecule has 2 bridgehead atoms. The van der Waals surface area contributed by atoms with Crippen LogP contribution >= 0.6 is 15.9 Å². The van der Waals surface area contributed by atoms with Gasteiger partial charge in [0.2, 0.25) is 0 Å². The predicted octanol–water partition coefficient (Wildman–Crippen LogP) is 0.953. The maximum Gasteiger partial charge on any atom is 0.133 e. The molecule has 0 aromatic heterocycles. The fourth-order valence-corrected chi connectivity index (χ4v) is 5.53. The lowest BCUT2D eigenvalue weighted by Crippen LogP contribution is -3.27. The van der Waals surface area contributed by atoms with E-state index in [0.29, 0.717) is 0 Å². The van der Waals surface area contributed by atoms with E-state index in [1.54, 1.807) is 12.0 Å². The van der Waals surface area contributed by atoms with Crippen molar-refractivity contribution in [3.63, 3.8) is 0 Å². The third-order valence-electron chi connectivity index (χ3n) is 6.30. The number of quaternary nitrogens is 2. The van der Waals surface area contributed by atoms with Gasteiger partial charge in [0.25, 0.3) is 0 Å². The Morgan fingerprint density at radius 1 is 1.08 bits per heavy atom. The maximum absolute atomic E-state index is 5.33. The second-order valence-electron chi connectivity index (χ2n) is 7.89. The van der Waals surface area contributed by atoms with Crippen molar-refractivity contribution < 1.29 is 14.5 Å². The van der Waals surface area contributed by atoms with Gasteiger partial charge in [0.15, 0.2) is 0 Å². The van der Waals surface area contributed by atoms with Crippen LogP contribution in [0.4, 0.5) is 0 Å². The van der Waals surface area contributed by atoms with Crippen molar-refractivity contribution in [2.45, 2.75) is 19.4 Å². The maximum atomic E-state index is 5.33. The lowest BCUT2D eigenvalue weighted by Gasteiger charge is -2.32. The van der Waals surface area contributed by atoms with Gasteiger partial charge >= 0.3 is 0 Å². The number of nitrogens with one attached hydrogen (secondary N) is 2. The summed E-state index contributed by atoms with van der Waals surface area (Å²) in [5, 5.41) is 0. The number of allylic oxidation sites excluding steroid dienone is 2. The van der Waals surface area contributed by atoms with Crippen LogP contribution in [0.3, 0.4) is 0 Å². The zero-order valence-corrected chi connectivity index (χ0v) is 16.1. The summed E-state index contributed by atoms with van der Waals surface area (Å²) in [5.74, 6) is 3.71. The molecule has 24 heavy (non-hydrogen) atoms. The van der Waals surface area contributed by atoms with Crippen LogP contribution in [0, 0.1) is 17.8 Å². The molecular formula is C20H29BrN2O+2. The van der Waals surface area contributed by atoms with Crippen molar-refractivity contribution in [1.82, 2.24) is 0 Å². The van der Waals surface area contributed by atoms with E-state index in [-0.39, 0.29) is 0 Å². The van der Waals surface area contributed by atoms with E-state index in [9.17, 15) is 0 Å². The van der Waals surface area contributed by atoms with Gasteiger partial charge in [-0.15, -0.1) is 0 Å². The summed E-state index contributed by atoms with van der Waals surface area (Å²) in [6.07, 6.45) is 7.87. The number of fused-ring (bicyclic) bond motifs is 2. The van der Waals surface area contributed by atoms with Gasteiger partial charge in [-0.3, -0.25) is 0 Å². The summed E-state index contributed by atoms with van der Waals surface area (Å²) in [6, 6.07) is 6.49. The number of piperazine rings is 1. The average Bonchev–Trinajstić information content (AvgIpc) is 3.20. The van der Waals surface area contributed by atoms with Crippen LogP contribution in [0.5, 0.6) is 5.75 Å². The van der Waals surface area contributed by atoms with Crippen molar-refractivity contribution >= 4 is 15.9 Å². The molecule has 0 amide bonds. The smallest absolute Gasteiger partial charge is 0.133 e. The Kier molecular flexibility index (Phi) is 4.98. The van der Waals surface area contributed by atoms with Crippen LogP contribution < -0.4 is 14.5 Å². The standard InChI is InChI=1S/C20H27BrN2O/c1-24-20-5-3-16(12-19(20)21)13-22-6-8-23(9-7-22)14-18-11-15-2-4-17(18)10-15/h2-5,12,15,17-18H,6-11,13-14H2,1H3/p+2/t15-,17-,18-/m0/s1. The summed E-state index contributed by atoms with van der Waals surface area (Å²) in [5.41, 5.74) is 1.40. The van der Waals surface area contributed by atoms with Crippen molar-refractivity contribution in [1.29, 1.82) is 0 Å². The van der Waals surface area contributed by atoms with Gasteiger partial charge < -0.3 is 14.5 Å². The molecule has 1 aliphatic heterocycles. The van der Waals surface area contributed by atoms with E-state index in [0.717, 1.165) is 34.5 Å². The second-order valence-corrected chi connectivity index (χ2v) is 8.74. The Morgan fingerprint density at radius 3 is 2.50 bits per heavy atom. The molecule has 4 rings (SSSR count). The molecule has 3 nitrogen and oxygen atoms in total. The highest BCUT2D eigenvalue weighted by molar-refractivity contribution is 9.10. The number of benzene rings is 1. The van der Waals surface area contributed by atoms with Crippen molar-refractivity contribution in [3.05, 3.63) is 40.4 Å². The number of ether oxygens (including phenoxy) is 1.